The maximum atomic E-state index is 5.65. The van der Waals surface area contributed by atoms with Crippen molar-refractivity contribution >= 4 is 0 Å². The second kappa shape index (κ2) is 5.26. The zero-order chi connectivity index (χ0) is 11.4. The van der Waals surface area contributed by atoms with Gasteiger partial charge in [-0.1, -0.05) is 32.9 Å². The van der Waals surface area contributed by atoms with Crippen LogP contribution in [0.1, 0.15) is 39.1 Å². The average molecular weight is 210 g/mol. The first kappa shape index (κ1) is 12.2. The molecule has 0 aromatic carbocycles. The molecule has 4 nitrogen and oxygen atoms in total. The molecule has 0 saturated carbocycles. The van der Waals surface area contributed by atoms with Crippen molar-refractivity contribution in [1.29, 1.82) is 0 Å². The van der Waals surface area contributed by atoms with Crippen LogP contribution in [0.5, 0.6) is 0 Å². The molecule has 1 heterocycles. The normalized spacial score (nSPS) is 11.7. The highest BCUT2D eigenvalue weighted by atomic mass is 15.4. The summed E-state index contributed by atoms with van der Waals surface area (Å²) in [6.45, 7) is 10.2. The molecule has 0 spiro atoms. The fourth-order valence-corrected chi connectivity index (χ4v) is 1.63. The van der Waals surface area contributed by atoms with Gasteiger partial charge in [-0.15, -0.1) is 5.10 Å². The minimum Gasteiger partial charge on any atom is -0.325 e. The van der Waals surface area contributed by atoms with Crippen LogP contribution in [0, 0.1) is 11.8 Å². The van der Waals surface area contributed by atoms with Gasteiger partial charge in [0, 0.05) is 13.1 Å². The number of aromatic nitrogens is 3. The van der Waals surface area contributed by atoms with E-state index in [1.54, 1.807) is 0 Å². The van der Waals surface area contributed by atoms with Crippen molar-refractivity contribution < 1.29 is 0 Å². The Morgan fingerprint density at radius 2 is 1.87 bits per heavy atom. The van der Waals surface area contributed by atoms with Gasteiger partial charge >= 0.3 is 0 Å². The Morgan fingerprint density at radius 3 is 2.33 bits per heavy atom. The van der Waals surface area contributed by atoms with E-state index in [0.29, 0.717) is 18.4 Å². The second-order valence-electron chi connectivity index (χ2n) is 4.86. The maximum absolute atomic E-state index is 5.65. The fraction of sp³-hybridized carbons (Fsp3) is 0.818. The molecular formula is C11H22N4. The first-order chi connectivity index (χ1) is 7.04. The number of nitrogens with zero attached hydrogens (tertiary/aromatic N) is 3. The molecule has 1 aromatic rings. The molecule has 0 amide bonds. The summed E-state index contributed by atoms with van der Waals surface area (Å²) in [5, 5.41) is 8.30. The molecule has 0 aliphatic heterocycles. The predicted molar refractivity (Wildman–Crippen MR) is 61.3 cm³/mol. The summed E-state index contributed by atoms with van der Waals surface area (Å²) in [5.41, 5.74) is 7.81. The highest BCUT2D eigenvalue weighted by molar-refractivity contribution is 5.10. The molecule has 0 unspecified atom stereocenters. The molecule has 0 saturated heterocycles. The number of nitrogens with two attached hydrogens (primary N) is 1. The summed E-state index contributed by atoms with van der Waals surface area (Å²) in [6, 6.07) is 0. The lowest BCUT2D eigenvalue weighted by Gasteiger charge is -2.11. The van der Waals surface area contributed by atoms with Gasteiger partial charge in [0.2, 0.25) is 0 Å². The average Bonchev–Trinajstić information content (AvgIpc) is 2.47. The van der Waals surface area contributed by atoms with Crippen LogP contribution in [-0.4, -0.2) is 15.0 Å². The Morgan fingerprint density at radius 1 is 1.20 bits per heavy atom. The van der Waals surface area contributed by atoms with Gasteiger partial charge in [-0.25, -0.2) is 4.68 Å². The van der Waals surface area contributed by atoms with E-state index in [4.69, 9.17) is 5.73 Å². The zero-order valence-electron chi connectivity index (χ0n) is 10.2. The summed E-state index contributed by atoms with van der Waals surface area (Å²) in [5.74, 6) is 1.20. The summed E-state index contributed by atoms with van der Waals surface area (Å²) in [4.78, 5) is 0. The third-order valence-corrected chi connectivity index (χ3v) is 2.25. The Hall–Kier alpha value is -0.900. The van der Waals surface area contributed by atoms with Gasteiger partial charge in [-0.3, -0.25) is 0 Å². The lowest BCUT2D eigenvalue weighted by atomic mass is 10.1. The topological polar surface area (TPSA) is 56.7 Å². The van der Waals surface area contributed by atoms with E-state index in [1.807, 2.05) is 4.68 Å². The van der Waals surface area contributed by atoms with Gasteiger partial charge in [-0.05, 0) is 18.3 Å². The summed E-state index contributed by atoms with van der Waals surface area (Å²) in [7, 11) is 0. The van der Waals surface area contributed by atoms with Crippen LogP contribution in [0.4, 0.5) is 0 Å². The van der Waals surface area contributed by atoms with Gasteiger partial charge in [0.25, 0.3) is 0 Å². The molecule has 4 heteroatoms. The third kappa shape index (κ3) is 3.30. The Labute approximate surface area is 91.9 Å². The van der Waals surface area contributed by atoms with E-state index in [-0.39, 0.29) is 0 Å². The SMILES string of the molecule is CC(C)Cc1c(CN)nnn1CC(C)C. The Kier molecular flexibility index (Phi) is 4.27. The van der Waals surface area contributed by atoms with E-state index >= 15 is 0 Å². The van der Waals surface area contributed by atoms with Gasteiger partial charge in [0.1, 0.15) is 0 Å². The van der Waals surface area contributed by atoms with Crippen molar-refractivity contribution in [3.05, 3.63) is 11.4 Å². The summed E-state index contributed by atoms with van der Waals surface area (Å²) in [6.07, 6.45) is 1.01. The zero-order valence-corrected chi connectivity index (χ0v) is 10.2. The smallest absolute Gasteiger partial charge is 0.0994 e. The molecule has 1 rings (SSSR count). The number of hydrogen-bond donors (Lipinski definition) is 1. The van der Waals surface area contributed by atoms with Crippen molar-refractivity contribution in [1.82, 2.24) is 15.0 Å². The second-order valence-corrected chi connectivity index (χ2v) is 4.86. The first-order valence-electron chi connectivity index (χ1n) is 5.65. The third-order valence-electron chi connectivity index (χ3n) is 2.25. The molecule has 2 N–H and O–H groups in total. The van der Waals surface area contributed by atoms with Crippen LogP contribution in [-0.2, 0) is 19.5 Å². The standard InChI is InChI=1S/C11H22N4/c1-8(2)5-11-10(6-12)13-14-15(11)7-9(3)4/h8-9H,5-7,12H2,1-4H3. The molecule has 0 atom stereocenters. The van der Waals surface area contributed by atoms with Crippen LogP contribution in [0.25, 0.3) is 0 Å². The predicted octanol–water partition coefficient (Wildman–Crippen LogP) is 1.59. The van der Waals surface area contributed by atoms with Crippen molar-refractivity contribution in [3.8, 4) is 0 Å². The van der Waals surface area contributed by atoms with Crippen molar-refractivity contribution in [2.45, 2.75) is 47.2 Å². The molecule has 1 aromatic heterocycles. The molecular weight excluding hydrogens is 188 g/mol. The largest absolute Gasteiger partial charge is 0.325 e. The molecule has 0 radical (unpaired) electrons. The minimum atomic E-state index is 0.486. The van der Waals surface area contributed by atoms with E-state index in [2.05, 4.69) is 38.0 Å². The van der Waals surface area contributed by atoms with Crippen molar-refractivity contribution in [3.63, 3.8) is 0 Å². The Bertz CT molecular complexity index is 302. The molecule has 0 aliphatic rings. The monoisotopic (exact) mass is 210 g/mol. The number of hydrogen-bond acceptors (Lipinski definition) is 3. The molecule has 15 heavy (non-hydrogen) atoms. The Balaban J connectivity index is 2.89. The van der Waals surface area contributed by atoms with Crippen LogP contribution >= 0.6 is 0 Å². The highest BCUT2D eigenvalue weighted by Crippen LogP contribution is 2.12. The first-order valence-corrected chi connectivity index (χ1v) is 5.65. The lowest BCUT2D eigenvalue weighted by Crippen LogP contribution is -2.13. The van der Waals surface area contributed by atoms with Crippen LogP contribution in [0.3, 0.4) is 0 Å². The van der Waals surface area contributed by atoms with Crippen molar-refractivity contribution in [2.75, 3.05) is 0 Å². The van der Waals surface area contributed by atoms with E-state index in [9.17, 15) is 0 Å². The highest BCUT2D eigenvalue weighted by Gasteiger charge is 2.13. The number of rotatable bonds is 5. The van der Waals surface area contributed by atoms with Crippen LogP contribution in [0.2, 0.25) is 0 Å². The van der Waals surface area contributed by atoms with Crippen LogP contribution < -0.4 is 5.73 Å². The quantitative estimate of drug-likeness (QED) is 0.803. The summed E-state index contributed by atoms with van der Waals surface area (Å²) >= 11 is 0. The van der Waals surface area contributed by atoms with Gasteiger partial charge in [0.05, 0.1) is 11.4 Å². The van der Waals surface area contributed by atoms with Gasteiger partial charge in [-0.2, -0.15) is 0 Å². The molecule has 0 bridgehead atoms. The lowest BCUT2D eigenvalue weighted by molar-refractivity contribution is 0.448. The fourth-order valence-electron chi connectivity index (χ4n) is 1.63. The van der Waals surface area contributed by atoms with Crippen LogP contribution in [0.15, 0.2) is 0 Å². The van der Waals surface area contributed by atoms with E-state index < -0.39 is 0 Å². The van der Waals surface area contributed by atoms with Gasteiger partial charge in [0.15, 0.2) is 0 Å². The summed E-state index contributed by atoms with van der Waals surface area (Å²) < 4.78 is 2.01. The molecule has 0 fully saturated rings. The molecule has 0 aliphatic carbocycles. The maximum Gasteiger partial charge on any atom is 0.0994 e. The van der Waals surface area contributed by atoms with E-state index in [0.717, 1.165) is 18.7 Å². The minimum absolute atomic E-state index is 0.486. The van der Waals surface area contributed by atoms with Crippen molar-refractivity contribution in [2.24, 2.45) is 17.6 Å². The van der Waals surface area contributed by atoms with E-state index in [1.165, 1.54) is 5.69 Å². The van der Waals surface area contributed by atoms with Gasteiger partial charge < -0.3 is 5.73 Å². The molecule has 86 valence electrons.